The van der Waals surface area contributed by atoms with E-state index in [-0.39, 0.29) is 17.7 Å². The van der Waals surface area contributed by atoms with E-state index in [1.165, 1.54) is 5.56 Å². The lowest BCUT2D eigenvalue weighted by Crippen LogP contribution is -2.32. The molecule has 0 radical (unpaired) electrons. The molecule has 1 atom stereocenters. The van der Waals surface area contributed by atoms with Gasteiger partial charge in [0.15, 0.2) is 0 Å². The molecule has 1 aromatic carbocycles. The summed E-state index contributed by atoms with van der Waals surface area (Å²) in [5.74, 6) is 0.771. The van der Waals surface area contributed by atoms with Gasteiger partial charge in [-0.25, -0.2) is 0 Å². The molecule has 0 saturated carbocycles. The number of hydrogen-bond donors (Lipinski definition) is 1. The summed E-state index contributed by atoms with van der Waals surface area (Å²) in [6, 6.07) is 9.60. The first-order valence-electron chi connectivity index (χ1n) is 8.87. The molecule has 7 nitrogen and oxygen atoms in total. The summed E-state index contributed by atoms with van der Waals surface area (Å²) in [4.78, 5) is 12.4. The van der Waals surface area contributed by atoms with Crippen LogP contribution in [0.15, 0.2) is 41.1 Å². The summed E-state index contributed by atoms with van der Waals surface area (Å²) >= 11 is 0. The van der Waals surface area contributed by atoms with Crippen LogP contribution in [0.25, 0.3) is 11.3 Å². The maximum absolute atomic E-state index is 12.4. The van der Waals surface area contributed by atoms with Gasteiger partial charge in [0.05, 0.1) is 12.8 Å². The smallest absolute Gasteiger partial charge is 0.290 e. The van der Waals surface area contributed by atoms with Crippen molar-refractivity contribution in [2.75, 3.05) is 7.11 Å². The number of nitrogens with zero attached hydrogens (tertiary/aromatic N) is 3. The van der Waals surface area contributed by atoms with E-state index < -0.39 is 0 Å². The van der Waals surface area contributed by atoms with E-state index in [2.05, 4.69) is 15.6 Å². The Kier molecular flexibility index (Phi) is 5.59. The standard InChI is InChI=1S/C20H24N4O3/c1-13(5-6-15-7-9-16(26-4)10-8-15)21-20(25)19-11-18(23-27-19)17-12-24(3)22-14(17)2/h7-13H,5-6H2,1-4H3,(H,21,25). The Labute approximate surface area is 158 Å². The predicted octanol–water partition coefficient (Wildman–Crippen LogP) is 3.14. The third-order valence-corrected chi connectivity index (χ3v) is 4.43. The molecule has 0 aliphatic rings. The minimum absolute atomic E-state index is 0.00767. The topological polar surface area (TPSA) is 82.2 Å². The van der Waals surface area contributed by atoms with E-state index in [4.69, 9.17) is 9.26 Å². The first kappa shape index (κ1) is 18.7. The van der Waals surface area contributed by atoms with E-state index >= 15 is 0 Å². The number of aryl methyl sites for hydroxylation is 3. The van der Waals surface area contributed by atoms with Crippen LogP contribution in [0, 0.1) is 6.92 Å². The molecule has 3 aromatic rings. The highest BCUT2D eigenvalue weighted by Gasteiger charge is 2.18. The van der Waals surface area contributed by atoms with Gasteiger partial charge in [-0.1, -0.05) is 17.3 Å². The number of carbonyl (C=O) groups excluding carboxylic acids is 1. The first-order valence-corrected chi connectivity index (χ1v) is 8.87. The van der Waals surface area contributed by atoms with Crippen molar-refractivity contribution in [1.82, 2.24) is 20.3 Å². The molecule has 1 amide bonds. The zero-order valence-corrected chi connectivity index (χ0v) is 16.0. The van der Waals surface area contributed by atoms with Crippen molar-refractivity contribution >= 4 is 5.91 Å². The molecule has 2 heterocycles. The van der Waals surface area contributed by atoms with Gasteiger partial charge in [0, 0.05) is 30.9 Å². The second kappa shape index (κ2) is 8.07. The monoisotopic (exact) mass is 368 g/mol. The normalized spacial score (nSPS) is 12.0. The van der Waals surface area contributed by atoms with E-state index in [1.54, 1.807) is 17.9 Å². The molecule has 142 valence electrons. The van der Waals surface area contributed by atoms with E-state index in [9.17, 15) is 4.79 Å². The molecule has 3 rings (SSSR count). The molecule has 0 saturated heterocycles. The maximum atomic E-state index is 12.4. The predicted molar refractivity (Wildman–Crippen MR) is 102 cm³/mol. The number of carbonyl (C=O) groups is 1. The number of rotatable bonds is 7. The average Bonchev–Trinajstić information content (AvgIpc) is 3.26. The van der Waals surface area contributed by atoms with Gasteiger partial charge in [-0.3, -0.25) is 9.48 Å². The van der Waals surface area contributed by atoms with Crippen LogP contribution in [0.5, 0.6) is 5.75 Å². The quantitative estimate of drug-likeness (QED) is 0.693. The molecule has 0 spiro atoms. The largest absolute Gasteiger partial charge is 0.497 e. The van der Waals surface area contributed by atoms with Crippen LogP contribution < -0.4 is 10.1 Å². The molecule has 0 fully saturated rings. The maximum Gasteiger partial charge on any atom is 0.290 e. The van der Waals surface area contributed by atoms with Crippen LogP contribution in [-0.4, -0.2) is 34.0 Å². The average molecular weight is 368 g/mol. The van der Waals surface area contributed by atoms with Crippen molar-refractivity contribution in [3.8, 4) is 17.0 Å². The molecule has 0 aliphatic heterocycles. The third kappa shape index (κ3) is 4.55. The van der Waals surface area contributed by atoms with Crippen LogP contribution in [0.4, 0.5) is 0 Å². The van der Waals surface area contributed by atoms with Crippen molar-refractivity contribution in [3.05, 3.63) is 53.5 Å². The van der Waals surface area contributed by atoms with Gasteiger partial charge < -0.3 is 14.6 Å². The van der Waals surface area contributed by atoms with E-state index in [0.717, 1.165) is 29.8 Å². The number of hydrogen-bond acceptors (Lipinski definition) is 5. The van der Waals surface area contributed by atoms with E-state index in [0.29, 0.717) is 5.69 Å². The summed E-state index contributed by atoms with van der Waals surface area (Å²) in [6.45, 7) is 3.87. The highest BCUT2D eigenvalue weighted by atomic mass is 16.5. The van der Waals surface area contributed by atoms with Gasteiger partial charge in [-0.2, -0.15) is 5.10 Å². The van der Waals surface area contributed by atoms with Gasteiger partial charge in [-0.05, 0) is 44.4 Å². The van der Waals surface area contributed by atoms with Crippen LogP contribution >= 0.6 is 0 Å². The van der Waals surface area contributed by atoms with Crippen LogP contribution in [-0.2, 0) is 13.5 Å². The van der Waals surface area contributed by atoms with Crippen molar-refractivity contribution < 1.29 is 14.1 Å². The van der Waals surface area contributed by atoms with Gasteiger partial charge in [0.1, 0.15) is 11.4 Å². The minimum atomic E-state index is -0.266. The van der Waals surface area contributed by atoms with Crippen molar-refractivity contribution in [3.63, 3.8) is 0 Å². The lowest BCUT2D eigenvalue weighted by molar-refractivity contribution is 0.0901. The van der Waals surface area contributed by atoms with Gasteiger partial charge in [0.2, 0.25) is 5.76 Å². The third-order valence-electron chi connectivity index (χ3n) is 4.43. The zero-order chi connectivity index (χ0) is 19.4. The van der Waals surface area contributed by atoms with Gasteiger partial charge >= 0.3 is 0 Å². The van der Waals surface area contributed by atoms with Crippen molar-refractivity contribution in [1.29, 1.82) is 0 Å². The Balaban J connectivity index is 1.56. The zero-order valence-electron chi connectivity index (χ0n) is 16.0. The lowest BCUT2D eigenvalue weighted by atomic mass is 10.1. The van der Waals surface area contributed by atoms with Crippen LogP contribution in [0.1, 0.15) is 35.2 Å². The highest BCUT2D eigenvalue weighted by molar-refractivity contribution is 5.92. The fourth-order valence-corrected chi connectivity index (χ4v) is 2.90. The number of ether oxygens (including phenoxy) is 1. The molecular weight excluding hydrogens is 344 g/mol. The second-order valence-electron chi connectivity index (χ2n) is 6.64. The fraction of sp³-hybridized carbons (Fsp3) is 0.350. The summed E-state index contributed by atoms with van der Waals surface area (Å²) in [5, 5.41) is 11.2. The molecule has 0 bridgehead atoms. The van der Waals surface area contributed by atoms with Gasteiger partial charge in [-0.15, -0.1) is 0 Å². The summed E-state index contributed by atoms with van der Waals surface area (Å²) in [5.41, 5.74) is 3.50. The molecule has 1 N–H and O–H groups in total. The summed E-state index contributed by atoms with van der Waals surface area (Å²) < 4.78 is 12.1. The summed E-state index contributed by atoms with van der Waals surface area (Å²) in [6.07, 6.45) is 3.54. The molecule has 27 heavy (non-hydrogen) atoms. The Morgan fingerprint density at radius 3 is 2.70 bits per heavy atom. The fourth-order valence-electron chi connectivity index (χ4n) is 2.90. The SMILES string of the molecule is COc1ccc(CCC(C)NC(=O)c2cc(-c3cn(C)nc3C)no2)cc1. The number of methoxy groups -OCH3 is 1. The Morgan fingerprint density at radius 2 is 2.07 bits per heavy atom. The van der Waals surface area contributed by atoms with Gasteiger partial charge in [0.25, 0.3) is 5.91 Å². The Bertz CT molecular complexity index is 912. The molecule has 1 unspecified atom stereocenters. The lowest BCUT2D eigenvalue weighted by Gasteiger charge is -2.12. The van der Waals surface area contributed by atoms with Crippen LogP contribution in [0.3, 0.4) is 0 Å². The number of benzene rings is 1. The first-order chi connectivity index (χ1) is 13.0. The van der Waals surface area contributed by atoms with Crippen molar-refractivity contribution in [2.24, 2.45) is 7.05 Å². The van der Waals surface area contributed by atoms with Crippen LogP contribution in [0.2, 0.25) is 0 Å². The molecule has 0 aliphatic carbocycles. The Hall–Kier alpha value is -3.09. The number of amides is 1. The summed E-state index contributed by atoms with van der Waals surface area (Å²) in [7, 11) is 3.49. The molecule has 2 aromatic heterocycles. The Morgan fingerprint density at radius 1 is 1.33 bits per heavy atom. The number of aromatic nitrogens is 3. The van der Waals surface area contributed by atoms with E-state index in [1.807, 2.05) is 51.4 Å². The highest BCUT2D eigenvalue weighted by Crippen LogP contribution is 2.22. The minimum Gasteiger partial charge on any atom is -0.497 e. The molecule has 7 heteroatoms. The number of nitrogens with one attached hydrogen (secondary N) is 1. The molecular formula is C20H24N4O3. The second-order valence-corrected chi connectivity index (χ2v) is 6.64. The van der Waals surface area contributed by atoms with Crippen molar-refractivity contribution in [2.45, 2.75) is 32.7 Å².